The maximum atomic E-state index is 12.4. The molecule has 0 spiro atoms. The number of aliphatic carboxylic acids is 1. The molecule has 130 valence electrons. The van der Waals surface area contributed by atoms with Crippen molar-refractivity contribution in [3.63, 3.8) is 0 Å². The molecule has 0 bridgehead atoms. The van der Waals surface area contributed by atoms with Gasteiger partial charge < -0.3 is 19.9 Å². The number of carboxylic acids is 1. The highest BCUT2D eigenvalue weighted by Gasteiger charge is 2.20. The number of amides is 1. The molecule has 8 heteroatoms. The van der Waals surface area contributed by atoms with Crippen LogP contribution in [0.1, 0.15) is 12.5 Å². The van der Waals surface area contributed by atoms with Gasteiger partial charge in [-0.05, 0) is 19.1 Å². The first-order chi connectivity index (χ1) is 12.1. The molecule has 2 aromatic rings. The lowest BCUT2D eigenvalue weighted by Gasteiger charge is -2.19. The highest BCUT2D eigenvalue weighted by Crippen LogP contribution is 2.35. The number of benzene rings is 1. The van der Waals surface area contributed by atoms with Gasteiger partial charge in [0, 0.05) is 17.8 Å². The standard InChI is InChI=1S/C17H17N3O5/c1-2-24-13-5-3-4-11-8-12(10-25-16(11)13)17(23)18-14-6-7-20(19-14)9-15(21)22/h3-8H,2,9-10H2,1H3,(H,21,22)(H,18,19,23). The van der Waals surface area contributed by atoms with E-state index in [1.165, 1.54) is 16.9 Å². The molecule has 1 aromatic carbocycles. The van der Waals surface area contributed by atoms with Gasteiger partial charge in [-0.15, -0.1) is 0 Å². The van der Waals surface area contributed by atoms with Crippen LogP contribution in [-0.2, 0) is 16.1 Å². The van der Waals surface area contributed by atoms with Gasteiger partial charge in [-0.25, -0.2) is 0 Å². The monoisotopic (exact) mass is 343 g/mol. The van der Waals surface area contributed by atoms with Crippen LogP contribution in [0, 0.1) is 0 Å². The van der Waals surface area contributed by atoms with Gasteiger partial charge in [0.2, 0.25) is 0 Å². The molecule has 0 saturated carbocycles. The fraction of sp³-hybridized carbons (Fsp3) is 0.235. The summed E-state index contributed by atoms with van der Waals surface area (Å²) in [6.45, 7) is 2.25. The van der Waals surface area contributed by atoms with E-state index in [4.69, 9.17) is 14.6 Å². The van der Waals surface area contributed by atoms with Crippen molar-refractivity contribution in [3.8, 4) is 11.5 Å². The van der Waals surface area contributed by atoms with E-state index in [1.54, 1.807) is 6.08 Å². The summed E-state index contributed by atoms with van der Waals surface area (Å²) in [5.74, 6) is 0.176. The molecular formula is C17H17N3O5. The zero-order chi connectivity index (χ0) is 17.8. The van der Waals surface area contributed by atoms with Crippen LogP contribution in [0.15, 0.2) is 36.0 Å². The molecule has 0 atom stereocenters. The molecule has 2 N–H and O–H groups in total. The normalized spacial score (nSPS) is 12.6. The minimum Gasteiger partial charge on any atom is -0.490 e. The number of rotatable bonds is 6. The Kier molecular flexibility index (Phi) is 4.69. The zero-order valence-electron chi connectivity index (χ0n) is 13.6. The Balaban J connectivity index is 1.74. The largest absolute Gasteiger partial charge is 0.490 e. The van der Waals surface area contributed by atoms with E-state index in [9.17, 15) is 9.59 Å². The Labute approximate surface area is 143 Å². The van der Waals surface area contributed by atoms with Crippen molar-refractivity contribution in [2.75, 3.05) is 18.5 Å². The van der Waals surface area contributed by atoms with E-state index in [0.717, 1.165) is 5.56 Å². The molecule has 1 aliphatic heterocycles. The highest BCUT2D eigenvalue weighted by molar-refractivity contribution is 6.07. The van der Waals surface area contributed by atoms with Gasteiger partial charge >= 0.3 is 5.97 Å². The molecule has 1 amide bonds. The lowest BCUT2D eigenvalue weighted by Crippen LogP contribution is -2.22. The van der Waals surface area contributed by atoms with Crippen molar-refractivity contribution < 1.29 is 24.2 Å². The van der Waals surface area contributed by atoms with Gasteiger partial charge in [0.25, 0.3) is 5.91 Å². The number of anilines is 1. The van der Waals surface area contributed by atoms with Gasteiger partial charge in [-0.2, -0.15) is 5.10 Å². The number of ether oxygens (including phenoxy) is 2. The van der Waals surface area contributed by atoms with Crippen LogP contribution in [0.25, 0.3) is 6.08 Å². The number of hydrogen-bond acceptors (Lipinski definition) is 5. The summed E-state index contributed by atoms with van der Waals surface area (Å²) in [5, 5.41) is 15.3. The predicted molar refractivity (Wildman–Crippen MR) is 89.6 cm³/mol. The van der Waals surface area contributed by atoms with Crippen molar-refractivity contribution in [1.82, 2.24) is 9.78 Å². The van der Waals surface area contributed by atoms with E-state index < -0.39 is 5.97 Å². The Morgan fingerprint density at radius 1 is 1.40 bits per heavy atom. The smallest absolute Gasteiger partial charge is 0.325 e. The number of nitrogens with zero attached hydrogens (tertiary/aromatic N) is 2. The number of carboxylic acid groups (broad SMARTS) is 1. The number of para-hydroxylation sites is 1. The van der Waals surface area contributed by atoms with Crippen molar-refractivity contribution in [2.45, 2.75) is 13.5 Å². The Hall–Kier alpha value is -3.29. The summed E-state index contributed by atoms with van der Waals surface area (Å²) in [6.07, 6.45) is 3.23. The Morgan fingerprint density at radius 3 is 3.00 bits per heavy atom. The van der Waals surface area contributed by atoms with Crippen molar-refractivity contribution in [3.05, 3.63) is 41.6 Å². The summed E-state index contributed by atoms with van der Waals surface area (Å²) in [5.41, 5.74) is 1.20. The van der Waals surface area contributed by atoms with Crippen LogP contribution in [0.2, 0.25) is 0 Å². The molecule has 0 fully saturated rings. The van der Waals surface area contributed by atoms with Crippen LogP contribution in [0.3, 0.4) is 0 Å². The maximum absolute atomic E-state index is 12.4. The molecule has 0 unspecified atom stereocenters. The summed E-state index contributed by atoms with van der Waals surface area (Å²) < 4.78 is 12.4. The molecule has 8 nitrogen and oxygen atoms in total. The second-order valence-corrected chi connectivity index (χ2v) is 5.31. The lowest BCUT2D eigenvalue weighted by atomic mass is 10.1. The Bertz CT molecular complexity index is 841. The highest BCUT2D eigenvalue weighted by atomic mass is 16.5. The van der Waals surface area contributed by atoms with Crippen LogP contribution >= 0.6 is 0 Å². The number of fused-ring (bicyclic) bond motifs is 1. The van der Waals surface area contributed by atoms with E-state index >= 15 is 0 Å². The van der Waals surface area contributed by atoms with Gasteiger partial charge in [0.15, 0.2) is 17.3 Å². The minimum atomic E-state index is -1.01. The second kappa shape index (κ2) is 7.08. The number of carbonyl (C=O) groups is 2. The lowest BCUT2D eigenvalue weighted by molar-refractivity contribution is -0.137. The third kappa shape index (κ3) is 3.79. The first-order valence-electron chi connectivity index (χ1n) is 7.72. The second-order valence-electron chi connectivity index (χ2n) is 5.31. The number of hydrogen-bond donors (Lipinski definition) is 2. The molecule has 0 saturated heterocycles. The van der Waals surface area contributed by atoms with Gasteiger partial charge in [0.1, 0.15) is 13.2 Å². The molecule has 3 rings (SSSR count). The first kappa shape index (κ1) is 16.6. The average Bonchev–Trinajstić information content (AvgIpc) is 3.01. The SMILES string of the molecule is CCOc1cccc2c1OCC(C(=O)Nc1ccn(CC(=O)O)n1)=C2. The maximum Gasteiger partial charge on any atom is 0.325 e. The number of aromatic nitrogens is 2. The molecule has 0 aliphatic carbocycles. The fourth-order valence-corrected chi connectivity index (χ4v) is 2.43. The topological polar surface area (TPSA) is 103 Å². The van der Waals surface area contributed by atoms with Crippen LogP contribution in [-0.4, -0.2) is 40.0 Å². The quantitative estimate of drug-likeness (QED) is 0.829. The molecule has 2 heterocycles. The van der Waals surface area contributed by atoms with Crippen LogP contribution in [0.5, 0.6) is 11.5 Å². The fourth-order valence-electron chi connectivity index (χ4n) is 2.43. The molecule has 25 heavy (non-hydrogen) atoms. The zero-order valence-corrected chi connectivity index (χ0v) is 13.6. The van der Waals surface area contributed by atoms with Crippen LogP contribution < -0.4 is 14.8 Å². The predicted octanol–water partition coefficient (Wildman–Crippen LogP) is 1.78. The average molecular weight is 343 g/mol. The van der Waals surface area contributed by atoms with E-state index in [-0.39, 0.29) is 24.9 Å². The van der Waals surface area contributed by atoms with Crippen LogP contribution in [0.4, 0.5) is 5.82 Å². The molecule has 1 aliphatic rings. The summed E-state index contributed by atoms with van der Waals surface area (Å²) in [7, 11) is 0. The van der Waals surface area contributed by atoms with Gasteiger partial charge in [-0.1, -0.05) is 12.1 Å². The third-order valence-corrected chi connectivity index (χ3v) is 3.48. The van der Waals surface area contributed by atoms with Crippen molar-refractivity contribution in [1.29, 1.82) is 0 Å². The Morgan fingerprint density at radius 2 is 2.24 bits per heavy atom. The minimum absolute atomic E-state index is 0.110. The van der Waals surface area contributed by atoms with E-state index in [1.807, 2.05) is 25.1 Å². The molecule has 1 aromatic heterocycles. The van der Waals surface area contributed by atoms with Gasteiger partial charge in [0.05, 0.1) is 12.2 Å². The number of nitrogens with one attached hydrogen (secondary N) is 1. The third-order valence-electron chi connectivity index (χ3n) is 3.48. The van der Waals surface area contributed by atoms with E-state index in [2.05, 4.69) is 10.4 Å². The number of carbonyl (C=O) groups excluding carboxylic acids is 1. The summed E-state index contributed by atoms with van der Waals surface area (Å²) in [4.78, 5) is 23.0. The van der Waals surface area contributed by atoms with E-state index in [0.29, 0.717) is 23.7 Å². The summed E-state index contributed by atoms with van der Waals surface area (Å²) >= 11 is 0. The van der Waals surface area contributed by atoms with Crippen molar-refractivity contribution >= 4 is 23.8 Å². The first-order valence-corrected chi connectivity index (χ1v) is 7.72. The summed E-state index contributed by atoms with van der Waals surface area (Å²) in [6, 6.07) is 7.02. The van der Waals surface area contributed by atoms with Crippen molar-refractivity contribution in [2.24, 2.45) is 0 Å². The molecule has 0 radical (unpaired) electrons. The van der Waals surface area contributed by atoms with Gasteiger partial charge in [-0.3, -0.25) is 14.3 Å². The molecular weight excluding hydrogens is 326 g/mol.